The number of hydrogen-bond acceptors (Lipinski definition) is 4. The standard InChI is InChI=1S/C18H28N6O2/c25-17(22-9-3-4-10-22)8-7-15-16-13-23(11-12-24(16)21-20-15)18(26)19-14-5-1-2-6-14/h14H,1-13H2,(H,19,26). The number of hydrogen-bond donors (Lipinski definition) is 1. The largest absolute Gasteiger partial charge is 0.343 e. The molecule has 0 unspecified atom stereocenters. The van der Waals surface area contributed by atoms with Crippen LogP contribution in [0.15, 0.2) is 0 Å². The monoisotopic (exact) mass is 360 g/mol. The van der Waals surface area contributed by atoms with Crippen molar-refractivity contribution < 1.29 is 9.59 Å². The molecule has 1 aromatic heterocycles. The van der Waals surface area contributed by atoms with Crippen LogP contribution in [0.25, 0.3) is 0 Å². The van der Waals surface area contributed by atoms with Crippen LogP contribution in [-0.4, -0.2) is 62.4 Å². The van der Waals surface area contributed by atoms with Crippen molar-refractivity contribution in [3.05, 3.63) is 11.4 Å². The number of nitrogens with one attached hydrogen (secondary N) is 1. The summed E-state index contributed by atoms with van der Waals surface area (Å²) in [4.78, 5) is 28.6. The summed E-state index contributed by atoms with van der Waals surface area (Å²) < 4.78 is 1.88. The van der Waals surface area contributed by atoms with Crippen LogP contribution in [0, 0.1) is 0 Å². The minimum absolute atomic E-state index is 0.0171. The molecule has 0 atom stereocenters. The minimum atomic E-state index is 0.0171. The zero-order valence-corrected chi connectivity index (χ0v) is 15.3. The summed E-state index contributed by atoms with van der Waals surface area (Å²) in [5.41, 5.74) is 1.84. The Balaban J connectivity index is 1.34. The lowest BCUT2D eigenvalue weighted by Crippen LogP contribution is -2.47. The van der Waals surface area contributed by atoms with E-state index in [4.69, 9.17) is 0 Å². The van der Waals surface area contributed by atoms with Gasteiger partial charge in [-0.2, -0.15) is 0 Å². The Bertz CT molecular complexity index is 661. The second-order valence-corrected chi connectivity index (χ2v) is 7.65. The second-order valence-electron chi connectivity index (χ2n) is 7.65. The zero-order valence-electron chi connectivity index (χ0n) is 15.3. The molecule has 1 N–H and O–H groups in total. The molecule has 1 aliphatic carbocycles. The highest BCUT2D eigenvalue weighted by Crippen LogP contribution is 2.20. The third-order valence-electron chi connectivity index (χ3n) is 5.84. The van der Waals surface area contributed by atoms with E-state index in [0.29, 0.717) is 38.5 Å². The van der Waals surface area contributed by atoms with Crippen LogP contribution in [0.5, 0.6) is 0 Å². The molecular weight excluding hydrogens is 332 g/mol. The van der Waals surface area contributed by atoms with Gasteiger partial charge in [0.25, 0.3) is 0 Å². The number of fused-ring (bicyclic) bond motifs is 1. The quantitative estimate of drug-likeness (QED) is 0.877. The lowest BCUT2D eigenvalue weighted by molar-refractivity contribution is -0.130. The summed E-state index contributed by atoms with van der Waals surface area (Å²) in [6.45, 7) is 3.61. The molecule has 0 aromatic carbocycles. The van der Waals surface area contributed by atoms with Gasteiger partial charge < -0.3 is 15.1 Å². The molecule has 0 bridgehead atoms. The Kier molecular flexibility index (Phi) is 5.08. The predicted octanol–water partition coefficient (Wildman–Crippen LogP) is 1.30. The fourth-order valence-electron chi connectivity index (χ4n) is 4.25. The van der Waals surface area contributed by atoms with Crippen molar-refractivity contribution in [1.82, 2.24) is 30.1 Å². The Morgan fingerprint density at radius 1 is 1.00 bits per heavy atom. The van der Waals surface area contributed by atoms with E-state index in [2.05, 4.69) is 15.6 Å². The van der Waals surface area contributed by atoms with E-state index < -0.39 is 0 Å². The summed E-state index contributed by atoms with van der Waals surface area (Å²) in [5, 5.41) is 11.6. The molecule has 4 rings (SSSR count). The van der Waals surface area contributed by atoms with Gasteiger partial charge in [0.2, 0.25) is 5.91 Å². The number of aromatic nitrogens is 3. The van der Waals surface area contributed by atoms with Crippen LogP contribution < -0.4 is 5.32 Å². The van der Waals surface area contributed by atoms with E-state index in [1.165, 1.54) is 12.8 Å². The molecule has 8 nitrogen and oxygen atoms in total. The van der Waals surface area contributed by atoms with Crippen LogP contribution in [0.4, 0.5) is 4.79 Å². The summed E-state index contributed by atoms with van der Waals surface area (Å²) in [5.74, 6) is 0.205. The average molecular weight is 360 g/mol. The smallest absolute Gasteiger partial charge is 0.318 e. The highest BCUT2D eigenvalue weighted by Gasteiger charge is 2.27. The van der Waals surface area contributed by atoms with Crippen LogP contribution in [0.3, 0.4) is 0 Å². The fraction of sp³-hybridized carbons (Fsp3) is 0.778. The first-order chi connectivity index (χ1) is 12.7. The van der Waals surface area contributed by atoms with Gasteiger partial charge in [-0.25, -0.2) is 9.48 Å². The number of carbonyl (C=O) groups excluding carboxylic acids is 2. The molecule has 2 aliphatic heterocycles. The number of amides is 3. The number of rotatable bonds is 4. The Labute approximate surface area is 153 Å². The number of nitrogens with zero attached hydrogens (tertiary/aromatic N) is 5. The Morgan fingerprint density at radius 2 is 1.77 bits per heavy atom. The number of aryl methyl sites for hydroxylation is 1. The van der Waals surface area contributed by atoms with Crippen molar-refractivity contribution >= 4 is 11.9 Å². The van der Waals surface area contributed by atoms with E-state index >= 15 is 0 Å². The molecule has 1 saturated heterocycles. The molecule has 8 heteroatoms. The maximum Gasteiger partial charge on any atom is 0.318 e. The second kappa shape index (κ2) is 7.63. The van der Waals surface area contributed by atoms with Gasteiger partial charge >= 0.3 is 6.03 Å². The maximum absolute atomic E-state index is 12.5. The molecule has 3 amide bonds. The van der Waals surface area contributed by atoms with Crippen LogP contribution in [0.2, 0.25) is 0 Å². The summed E-state index contributed by atoms with van der Waals surface area (Å²) in [6, 6.07) is 0.341. The molecule has 1 saturated carbocycles. The molecule has 1 aromatic rings. The topological polar surface area (TPSA) is 83.4 Å². The molecule has 3 aliphatic rings. The SMILES string of the molecule is O=C(CCc1nnn2c1CN(C(=O)NC1CCCC1)CC2)N1CCCC1. The van der Waals surface area contributed by atoms with Crippen molar-refractivity contribution in [1.29, 1.82) is 0 Å². The molecule has 0 radical (unpaired) electrons. The molecule has 2 fully saturated rings. The Hall–Kier alpha value is -2.12. The van der Waals surface area contributed by atoms with Crippen LogP contribution in [0.1, 0.15) is 56.3 Å². The predicted molar refractivity (Wildman–Crippen MR) is 95.4 cm³/mol. The van der Waals surface area contributed by atoms with Gasteiger partial charge in [-0.1, -0.05) is 18.1 Å². The molecular formula is C18H28N6O2. The molecule has 3 heterocycles. The fourth-order valence-corrected chi connectivity index (χ4v) is 4.25. The van der Waals surface area contributed by atoms with Gasteiger partial charge in [-0.05, 0) is 25.7 Å². The van der Waals surface area contributed by atoms with Gasteiger partial charge in [0.15, 0.2) is 0 Å². The highest BCUT2D eigenvalue weighted by atomic mass is 16.2. The van der Waals surface area contributed by atoms with E-state index in [0.717, 1.165) is 50.2 Å². The van der Waals surface area contributed by atoms with E-state index in [1.54, 1.807) is 0 Å². The summed E-state index contributed by atoms with van der Waals surface area (Å²) >= 11 is 0. The van der Waals surface area contributed by atoms with E-state index in [9.17, 15) is 9.59 Å². The van der Waals surface area contributed by atoms with Gasteiger partial charge in [0.05, 0.1) is 24.5 Å². The van der Waals surface area contributed by atoms with Crippen LogP contribution in [-0.2, 0) is 24.3 Å². The normalized spacial score (nSPS) is 20.5. The molecule has 142 valence electrons. The van der Waals surface area contributed by atoms with Crippen molar-refractivity contribution in [3.8, 4) is 0 Å². The maximum atomic E-state index is 12.5. The van der Waals surface area contributed by atoms with Gasteiger partial charge in [0.1, 0.15) is 0 Å². The zero-order chi connectivity index (χ0) is 17.9. The lowest BCUT2D eigenvalue weighted by Gasteiger charge is -2.29. The Morgan fingerprint density at radius 3 is 2.54 bits per heavy atom. The van der Waals surface area contributed by atoms with E-state index in [1.807, 2.05) is 14.5 Å². The van der Waals surface area contributed by atoms with Gasteiger partial charge in [0, 0.05) is 38.5 Å². The van der Waals surface area contributed by atoms with Crippen LogP contribution >= 0.6 is 0 Å². The first-order valence-electron chi connectivity index (χ1n) is 9.95. The average Bonchev–Trinajstić information content (AvgIpc) is 3.40. The number of carbonyl (C=O) groups is 2. The lowest BCUT2D eigenvalue weighted by atomic mass is 10.1. The summed E-state index contributed by atoms with van der Waals surface area (Å²) in [7, 11) is 0. The van der Waals surface area contributed by atoms with E-state index in [-0.39, 0.29) is 11.9 Å². The van der Waals surface area contributed by atoms with Gasteiger partial charge in [-0.15, -0.1) is 5.10 Å². The summed E-state index contributed by atoms with van der Waals surface area (Å²) in [6.07, 6.45) is 7.87. The minimum Gasteiger partial charge on any atom is -0.343 e. The number of likely N-dealkylation sites (tertiary alicyclic amines) is 1. The molecule has 0 spiro atoms. The third kappa shape index (κ3) is 3.68. The van der Waals surface area contributed by atoms with Crippen molar-refractivity contribution in [3.63, 3.8) is 0 Å². The highest BCUT2D eigenvalue weighted by molar-refractivity contribution is 5.76. The van der Waals surface area contributed by atoms with Crippen molar-refractivity contribution in [2.45, 2.75) is 70.5 Å². The molecule has 26 heavy (non-hydrogen) atoms. The van der Waals surface area contributed by atoms with Crippen molar-refractivity contribution in [2.75, 3.05) is 19.6 Å². The van der Waals surface area contributed by atoms with Gasteiger partial charge in [-0.3, -0.25) is 4.79 Å². The third-order valence-corrected chi connectivity index (χ3v) is 5.84. The first-order valence-corrected chi connectivity index (χ1v) is 9.95. The number of urea groups is 1. The first kappa shape index (κ1) is 17.3. The van der Waals surface area contributed by atoms with Crippen molar-refractivity contribution in [2.24, 2.45) is 0 Å².